The average molecular weight is 376 g/mol. The van der Waals surface area contributed by atoms with Crippen molar-refractivity contribution in [2.24, 2.45) is 0 Å². The summed E-state index contributed by atoms with van der Waals surface area (Å²) in [7, 11) is 1.28. The second-order valence-electron chi connectivity index (χ2n) is 6.37. The van der Waals surface area contributed by atoms with Crippen LogP contribution in [0.25, 0.3) is 10.9 Å². The summed E-state index contributed by atoms with van der Waals surface area (Å²) < 4.78 is 6.14. The molecule has 0 spiro atoms. The van der Waals surface area contributed by atoms with E-state index in [1.165, 1.54) is 17.9 Å². The van der Waals surface area contributed by atoms with Gasteiger partial charge in [0.15, 0.2) is 0 Å². The molecule has 3 aromatic rings. The van der Waals surface area contributed by atoms with Crippen LogP contribution in [0.1, 0.15) is 42.3 Å². The molecule has 1 aliphatic heterocycles. The Morgan fingerprint density at radius 3 is 2.18 bits per heavy atom. The molecule has 0 saturated carbocycles. The van der Waals surface area contributed by atoms with Gasteiger partial charge in [-0.05, 0) is 18.2 Å². The molecular weight excluding hydrogens is 360 g/mol. The lowest BCUT2D eigenvalue weighted by atomic mass is 10.1. The minimum atomic E-state index is -0.539. The third kappa shape index (κ3) is 2.68. The maximum Gasteiger partial charge on any atom is 0.340 e. The van der Waals surface area contributed by atoms with Crippen molar-refractivity contribution in [2.45, 2.75) is 6.42 Å². The van der Waals surface area contributed by atoms with E-state index in [-0.39, 0.29) is 24.4 Å². The molecule has 0 fully saturated rings. The molecule has 0 radical (unpaired) electrons. The first-order valence-corrected chi connectivity index (χ1v) is 8.69. The smallest absolute Gasteiger partial charge is 0.340 e. The van der Waals surface area contributed by atoms with Gasteiger partial charge < -0.3 is 4.74 Å². The normalized spacial score (nSPS) is 13.1. The molecule has 0 N–H and O–H groups in total. The van der Waals surface area contributed by atoms with E-state index in [2.05, 4.69) is 0 Å². The predicted molar refractivity (Wildman–Crippen MR) is 100 cm³/mol. The van der Waals surface area contributed by atoms with Gasteiger partial charge in [0.1, 0.15) is 0 Å². The maximum absolute atomic E-state index is 12.8. The van der Waals surface area contributed by atoms with Crippen molar-refractivity contribution in [3.8, 4) is 0 Å². The van der Waals surface area contributed by atoms with Crippen LogP contribution in [-0.4, -0.2) is 46.8 Å². The number of fused-ring (bicyclic) bond motifs is 2. The molecule has 28 heavy (non-hydrogen) atoms. The van der Waals surface area contributed by atoms with Crippen molar-refractivity contribution in [3.05, 3.63) is 71.4 Å². The Balaban J connectivity index is 1.58. The summed E-state index contributed by atoms with van der Waals surface area (Å²) in [6, 6.07) is 13.6. The third-order valence-corrected chi connectivity index (χ3v) is 4.81. The predicted octanol–water partition coefficient (Wildman–Crippen LogP) is 2.75. The van der Waals surface area contributed by atoms with Crippen molar-refractivity contribution >= 4 is 34.6 Å². The van der Waals surface area contributed by atoms with Crippen molar-refractivity contribution in [1.29, 1.82) is 0 Å². The lowest BCUT2D eigenvalue weighted by Crippen LogP contribution is -2.32. The fraction of sp³-hybridized carbons (Fsp3) is 0.143. The summed E-state index contributed by atoms with van der Waals surface area (Å²) in [6.45, 7) is -0.0365. The van der Waals surface area contributed by atoms with Gasteiger partial charge in [0.2, 0.25) is 5.91 Å². The number of carbonyl (C=O) groups is 4. The van der Waals surface area contributed by atoms with Gasteiger partial charge in [-0.2, -0.15) is 0 Å². The number of imide groups is 1. The highest BCUT2D eigenvalue weighted by molar-refractivity contribution is 6.21. The molecular formula is C21H16N2O5. The molecule has 2 amide bonds. The lowest BCUT2D eigenvalue weighted by Gasteiger charge is -2.13. The minimum absolute atomic E-state index is 0.0365. The SMILES string of the molecule is COC(=O)c1cn(C(=O)CCN2C(=O)c3ccccc3C2=O)c2ccccc12. The zero-order valence-corrected chi connectivity index (χ0v) is 15.0. The van der Waals surface area contributed by atoms with Crippen LogP contribution in [0.4, 0.5) is 0 Å². The first-order chi connectivity index (χ1) is 13.5. The second kappa shape index (κ2) is 6.77. The highest BCUT2D eigenvalue weighted by atomic mass is 16.5. The van der Waals surface area contributed by atoms with Crippen molar-refractivity contribution in [2.75, 3.05) is 13.7 Å². The number of esters is 1. The van der Waals surface area contributed by atoms with Gasteiger partial charge in [0, 0.05) is 24.5 Å². The summed E-state index contributed by atoms with van der Waals surface area (Å²) >= 11 is 0. The molecule has 0 unspecified atom stereocenters. The van der Waals surface area contributed by atoms with Gasteiger partial charge in [0.25, 0.3) is 11.8 Å². The Hall–Kier alpha value is -3.74. The number of carbonyl (C=O) groups excluding carboxylic acids is 4. The highest BCUT2D eigenvalue weighted by Crippen LogP contribution is 2.24. The van der Waals surface area contributed by atoms with Gasteiger partial charge in [-0.3, -0.25) is 23.9 Å². The average Bonchev–Trinajstić information content (AvgIpc) is 3.23. The molecule has 4 rings (SSSR count). The maximum atomic E-state index is 12.8. The van der Waals surface area contributed by atoms with E-state index in [9.17, 15) is 19.2 Å². The van der Waals surface area contributed by atoms with Gasteiger partial charge in [-0.1, -0.05) is 30.3 Å². The first kappa shape index (κ1) is 17.7. The van der Waals surface area contributed by atoms with Crippen LogP contribution in [0.5, 0.6) is 0 Å². The van der Waals surface area contributed by atoms with Gasteiger partial charge >= 0.3 is 5.97 Å². The zero-order valence-electron chi connectivity index (χ0n) is 15.0. The number of methoxy groups -OCH3 is 1. The van der Waals surface area contributed by atoms with E-state index >= 15 is 0 Å². The molecule has 0 atom stereocenters. The number of ether oxygens (including phenoxy) is 1. The Kier molecular flexibility index (Phi) is 4.27. The molecule has 7 heteroatoms. The van der Waals surface area contributed by atoms with E-state index in [0.717, 1.165) is 4.90 Å². The lowest BCUT2D eigenvalue weighted by molar-refractivity contribution is 0.0600. The van der Waals surface area contributed by atoms with Crippen LogP contribution >= 0.6 is 0 Å². The minimum Gasteiger partial charge on any atom is -0.465 e. The van der Waals surface area contributed by atoms with E-state index in [1.54, 1.807) is 48.5 Å². The first-order valence-electron chi connectivity index (χ1n) is 8.69. The number of rotatable bonds is 4. The number of nitrogens with zero attached hydrogens (tertiary/aromatic N) is 2. The third-order valence-electron chi connectivity index (χ3n) is 4.81. The van der Waals surface area contributed by atoms with Crippen LogP contribution < -0.4 is 0 Å². The summed E-state index contributed by atoms with van der Waals surface area (Å²) in [5.74, 6) is -1.67. The second-order valence-corrected chi connectivity index (χ2v) is 6.37. The molecule has 1 aromatic heterocycles. The topological polar surface area (TPSA) is 85.7 Å². The molecule has 140 valence electrons. The summed E-state index contributed by atoms with van der Waals surface area (Å²) in [5.41, 5.74) is 1.54. The molecule has 2 heterocycles. The molecule has 7 nitrogen and oxygen atoms in total. The number of benzene rings is 2. The number of hydrogen-bond donors (Lipinski definition) is 0. The standard InChI is InChI=1S/C21H16N2O5/c1-28-21(27)16-12-23(17-9-5-4-6-13(16)17)18(24)10-11-22-19(25)14-7-2-3-8-15(14)20(22)26/h2-9,12H,10-11H2,1H3. The Morgan fingerprint density at radius 2 is 1.54 bits per heavy atom. The monoisotopic (exact) mass is 376 g/mol. The van der Waals surface area contributed by atoms with Crippen LogP contribution in [0.3, 0.4) is 0 Å². The van der Waals surface area contributed by atoms with Crippen LogP contribution in [0.2, 0.25) is 0 Å². The van der Waals surface area contributed by atoms with Crippen LogP contribution in [0, 0.1) is 0 Å². The van der Waals surface area contributed by atoms with E-state index in [4.69, 9.17) is 4.74 Å². The summed E-state index contributed by atoms with van der Waals surface area (Å²) in [6.07, 6.45) is 1.37. The molecule has 0 saturated heterocycles. The van der Waals surface area contributed by atoms with Gasteiger partial charge in [-0.25, -0.2) is 4.79 Å². The number of amides is 2. The molecule has 0 aliphatic carbocycles. The number of hydrogen-bond acceptors (Lipinski definition) is 5. The Labute approximate surface area is 160 Å². The van der Waals surface area contributed by atoms with Crippen molar-refractivity contribution in [3.63, 3.8) is 0 Å². The Bertz CT molecular complexity index is 1110. The van der Waals surface area contributed by atoms with E-state index < -0.39 is 17.8 Å². The molecule has 1 aliphatic rings. The van der Waals surface area contributed by atoms with E-state index in [1.807, 2.05) is 0 Å². The number of para-hydroxylation sites is 1. The summed E-state index contributed by atoms with van der Waals surface area (Å²) in [4.78, 5) is 50.7. The molecule has 0 bridgehead atoms. The molecule has 2 aromatic carbocycles. The van der Waals surface area contributed by atoms with Crippen molar-refractivity contribution in [1.82, 2.24) is 9.47 Å². The Morgan fingerprint density at radius 1 is 0.929 bits per heavy atom. The van der Waals surface area contributed by atoms with Gasteiger partial charge in [0.05, 0.1) is 29.3 Å². The highest BCUT2D eigenvalue weighted by Gasteiger charge is 2.35. The fourth-order valence-corrected chi connectivity index (χ4v) is 3.43. The summed E-state index contributed by atoms with van der Waals surface area (Å²) in [5, 5.41) is 0.600. The largest absolute Gasteiger partial charge is 0.465 e. The van der Waals surface area contributed by atoms with Crippen LogP contribution in [-0.2, 0) is 4.74 Å². The van der Waals surface area contributed by atoms with E-state index in [0.29, 0.717) is 22.0 Å². The van der Waals surface area contributed by atoms with Crippen LogP contribution in [0.15, 0.2) is 54.7 Å². The zero-order chi connectivity index (χ0) is 19.8. The van der Waals surface area contributed by atoms with Gasteiger partial charge in [-0.15, -0.1) is 0 Å². The van der Waals surface area contributed by atoms with Crippen molar-refractivity contribution < 1.29 is 23.9 Å². The fourth-order valence-electron chi connectivity index (χ4n) is 3.43. The quantitative estimate of drug-likeness (QED) is 0.516. The number of aromatic nitrogens is 1.